The van der Waals surface area contributed by atoms with Crippen LogP contribution >= 0.6 is 15.9 Å². The van der Waals surface area contributed by atoms with Gasteiger partial charge in [-0.05, 0) is 40.2 Å². The topological polar surface area (TPSA) is 93.4 Å². The van der Waals surface area contributed by atoms with Gasteiger partial charge < -0.3 is 10.7 Å². The Labute approximate surface area is 144 Å². The molecule has 4 rings (SSSR count). The Morgan fingerprint density at radius 2 is 1.96 bits per heavy atom. The first-order chi connectivity index (χ1) is 11.6. The Morgan fingerprint density at radius 3 is 2.79 bits per heavy atom. The summed E-state index contributed by atoms with van der Waals surface area (Å²) in [5.74, 6) is -0.286. The zero-order chi connectivity index (χ0) is 16.7. The first-order valence-corrected chi connectivity index (χ1v) is 7.79. The van der Waals surface area contributed by atoms with E-state index in [-0.39, 0.29) is 11.8 Å². The lowest BCUT2D eigenvalue weighted by Gasteiger charge is -2.07. The lowest BCUT2D eigenvalue weighted by molar-refractivity contribution is 0.630. The molecular weight excluding hydrogens is 375 g/mol. The van der Waals surface area contributed by atoms with Gasteiger partial charge in [-0.25, -0.2) is 9.37 Å². The molecule has 24 heavy (non-hydrogen) atoms. The Kier molecular flexibility index (Phi) is 3.46. The molecule has 0 unspecified atom stereocenters. The van der Waals surface area contributed by atoms with Crippen LogP contribution < -0.4 is 5.73 Å². The number of pyridine rings is 1. The smallest absolute Gasteiger partial charge is 0.240 e. The zero-order valence-corrected chi connectivity index (χ0v) is 13.7. The van der Waals surface area contributed by atoms with E-state index in [0.717, 1.165) is 15.6 Å². The van der Waals surface area contributed by atoms with Crippen molar-refractivity contribution < 1.29 is 4.39 Å². The number of aromatic amines is 1. The van der Waals surface area contributed by atoms with Gasteiger partial charge in [0, 0.05) is 45.1 Å². The highest BCUT2D eigenvalue weighted by Gasteiger charge is 2.17. The quantitative estimate of drug-likeness (QED) is 0.550. The number of benzene rings is 1. The molecule has 3 heterocycles. The summed E-state index contributed by atoms with van der Waals surface area (Å²) in [7, 11) is 0. The number of fused-ring (bicyclic) bond motifs is 1. The molecule has 0 aliphatic carbocycles. The minimum absolute atomic E-state index is 0.0439. The van der Waals surface area contributed by atoms with Crippen LogP contribution in [0.25, 0.3) is 33.4 Å². The van der Waals surface area contributed by atoms with Crippen LogP contribution in [0.15, 0.2) is 47.3 Å². The molecule has 0 amide bonds. The maximum absolute atomic E-state index is 13.7. The number of rotatable bonds is 2. The molecule has 0 saturated carbocycles. The van der Waals surface area contributed by atoms with Gasteiger partial charge in [-0.3, -0.25) is 4.98 Å². The van der Waals surface area contributed by atoms with E-state index in [0.29, 0.717) is 22.3 Å². The highest BCUT2D eigenvalue weighted by molar-refractivity contribution is 9.10. The lowest BCUT2D eigenvalue weighted by Crippen LogP contribution is -2.02. The van der Waals surface area contributed by atoms with E-state index >= 15 is 0 Å². The van der Waals surface area contributed by atoms with Gasteiger partial charge in [0.25, 0.3) is 0 Å². The van der Waals surface area contributed by atoms with E-state index < -0.39 is 0 Å². The molecule has 4 aromatic rings. The minimum Gasteiger partial charge on any atom is -0.366 e. The number of hydrogen-bond donors (Lipinski definition) is 2. The van der Waals surface area contributed by atoms with E-state index in [2.05, 4.69) is 41.1 Å². The molecule has 0 aliphatic heterocycles. The average Bonchev–Trinajstić information content (AvgIpc) is 2.97. The number of nitrogens with two attached hydrogens (primary N) is 1. The van der Waals surface area contributed by atoms with Gasteiger partial charge in [-0.15, -0.1) is 10.2 Å². The molecule has 0 spiro atoms. The highest BCUT2D eigenvalue weighted by atomic mass is 79.9. The molecule has 8 heteroatoms. The monoisotopic (exact) mass is 384 g/mol. The Morgan fingerprint density at radius 1 is 1.08 bits per heavy atom. The van der Waals surface area contributed by atoms with Crippen molar-refractivity contribution in [3.63, 3.8) is 0 Å². The minimum atomic E-state index is -0.330. The van der Waals surface area contributed by atoms with Crippen molar-refractivity contribution >= 4 is 32.8 Å². The van der Waals surface area contributed by atoms with Crippen LogP contribution in [-0.4, -0.2) is 25.1 Å². The summed E-state index contributed by atoms with van der Waals surface area (Å²) in [6.07, 6.45) is 5.08. The first-order valence-electron chi connectivity index (χ1n) is 7.00. The van der Waals surface area contributed by atoms with Gasteiger partial charge in [-0.1, -0.05) is 0 Å². The summed E-state index contributed by atoms with van der Waals surface area (Å²) in [5.41, 5.74) is 8.97. The lowest BCUT2D eigenvalue weighted by atomic mass is 10.0. The van der Waals surface area contributed by atoms with Crippen LogP contribution in [0.3, 0.4) is 0 Å². The summed E-state index contributed by atoms with van der Waals surface area (Å²) >= 11 is 3.38. The van der Waals surface area contributed by atoms with Gasteiger partial charge >= 0.3 is 0 Å². The van der Waals surface area contributed by atoms with Crippen LogP contribution in [0.2, 0.25) is 0 Å². The van der Waals surface area contributed by atoms with Gasteiger partial charge in [-0.2, -0.15) is 0 Å². The van der Waals surface area contributed by atoms with Crippen LogP contribution in [0, 0.1) is 5.82 Å². The summed E-state index contributed by atoms with van der Waals surface area (Å²) in [5, 5.41) is 8.71. The standard InChI is InChI=1S/C16H10BrFN6/c17-9-3-8(5-20-6-9)14-15(22-16(19)24-23-14)12-7-21-13-2-1-10(18)4-11(12)13/h1-7,21H,(H2,19,22,24). The fourth-order valence-corrected chi connectivity index (χ4v) is 2.92. The molecule has 0 bridgehead atoms. The van der Waals surface area contributed by atoms with Gasteiger partial charge in [0.1, 0.15) is 17.2 Å². The predicted octanol–water partition coefficient (Wildman–Crippen LogP) is 3.57. The first kappa shape index (κ1) is 14.7. The van der Waals surface area contributed by atoms with Crippen molar-refractivity contribution in [1.29, 1.82) is 0 Å². The molecule has 3 aromatic heterocycles. The van der Waals surface area contributed by atoms with E-state index in [1.807, 2.05) is 6.07 Å². The highest BCUT2D eigenvalue weighted by Crippen LogP contribution is 2.34. The Bertz CT molecular complexity index is 1060. The summed E-state index contributed by atoms with van der Waals surface area (Å²) in [6.45, 7) is 0. The third kappa shape index (κ3) is 2.50. The van der Waals surface area contributed by atoms with Crippen LogP contribution in [0.1, 0.15) is 0 Å². The zero-order valence-electron chi connectivity index (χ0n) is 12.2. The van der Waals surface area contributed by atoms with E-state index in [1.165, 1.54) is 12.1 Å². The second-order valence-corrected chi connectivity index (χ2v) is 6.07. The largest absolute Gasteiger partial charge is 0.366 e. The number of nitrogens with one attached hydrogen (secondary N) is 1. The van der Waals surface area contributed by atoms with Crippen molar-refractivity contribution in [2.24, 2.45) is 0 Å². The molecule has 118 valence electrons. The Balaban J connectivity index is 2.00. The maximum atomic E-state index is 13.7. The van der Waals surface area contributed by atoms with Crippen molar-refractivity contribution in [3.05, 3.63) is 53.1 Å². The molecule has 0 saturated heterocycles. The third-order valence-corrected chi connectivity index (χ3v) is 4.01. The molecule has 1 aromatic carbocycles. The number of halogens is 2. The Hall–Kier alpha value is -2.87. The van der Waals surface area contributed by atoms with Crippen molar-refractivity contribution in [2.75, 3.05) is 5.73 Å². The van der Waals surface area contributed by atoms with E-state index in [1.54, 1.807) is 24.7 Å². The second-order valence-electron chi connectivity index (χ2n) is 5.15. The molecule has 0 radical (unpaired) electrons. The van der Waals surface area contributed by atoms with Crippen molar-refractivity contribution in [2.45, 2.75) is 0 Å². The average molecular weight is 385 g/mol. The van der Waals surface area contributed by atoms with Gasteiger partial charge in [0.15, 0.2) is 0 Å². The summed E-state index contributed by atoms with van der Waals surface area (Å²) in [6, 6.07) is 6.37. The number of nitrogen functional groups attached to an aromatic ring is 1. The van der Waals surface area contributed by atoms with Crippen LogP contribution in [-0.2, 0) is 0 Å². The van der Waals surface area contributed by atoms with Crippen LogP contribution in [0.4, 0.5) is 10.3 Å². The van der Waals surface area contributed by atoms with E-state index in [4.69, 9.17) is 5.73 Å². The molecule has 6 nitrogen and oxygen atoms in total. The van der Waals surface area contributed by atoms with Crippen LogP contribution in [0.5, 0.6) is 0 Å². The van der Waals surface area contributed by atoms with Crippen molar-refractivity contribution in [1.82, 2.24) is 25.1 Å². The number of hydrogen-bond acceptors (Lipinski definition) is 5. The fourth-order valence-electron chi connectivity index (χ4n) is 2.55. The molecular formula is C16H10BrFN6. The SMILES string of the molecule is Nc1nnc(-c2cncc(Br)c2)c(-c2c[nH]c3ccc(F)cc23)n1. The van der Waals surface area contributed by atoms with E-state index in [9.17, 15) is 4.39 Å². The van der Waals surface area contributed by atoms with Gasteiger partial charge in [0.2, 0.25) is 5.95 Å². The predicted molar refractivity (Wildman–Crippen MR) is 92.4 cm³/mol. The summed E-state index contributed by atoms with van der Waals surface area (Å²) in [4.78, 5) is 11.6. The number of H-pyrrole nitrogens is 1. The molecule has 0 aliphatic rings. The molecule has 0 atom stereocenters. The number of anilines is 1. The summed E-state index contributed by atoms with van der Waals surface area (Å²) < 4.78 is 14.5. The number of aromatic nitrogens is 5. The van der Waals surface area contributed by atoms with Gasteiger partial charge in [0.05, 0.1) is 0 Å². The van der Waals surface area contributed by atoms with Crippen molar-refractivity contribution in [3.8, 4) is 22.5 Å². The maximum Gasteiger partial charge on any atom is 0.240 e. The fraction of sp³-hybridized carbons (Fsp3) is 0. The second kappa shape index (κ2) is 5.64. The molecule has 0 fully saturated rings. The third-order valence-electron chi connectivity index (χ3n) is 3.58. The molecule has 3 N–H and O–H groups in total. The normalized spacial score (nSPS) is 11.1. The number of nitrogens with zero attached hydrogens (tertiary/aromatic N) is 4.